The molecule has 2 atom stereocenters. The summed E-state index contributed by atoms with van der Waals surface area (Å²) >= 11 is 0. The van der Waals surface area contributed by atoms with E-state index < -0.39 is 9.84 Å². The van der Waals surface area contributed by atoms with Crippen LogP contribution in [0.2, 0.25) is 0 Å². The van der Waals surface area contributed by atoms with Crippen LogP contribution in [0.1, 0.15) is 90.4 Å². The molecule has 0 spiro atoms. The summed E-state index contributed by atoms with van der Waals surface area (Å²) in [5, 5.41) is 0. The maximum atomic E-state index is 12.2. The molecule has 1 aliphatic rings. The molecule has 0 amide bonds. The van der Waals surface area contributed by atoms with E-state index in [1.807, 2.05) is 0 Å². The maximum absolute atomic E-state index is 12.2. The van der Waals surface area contributed by atoms with Crippen LogP contribution in [0.15, 0.2) is 0 Å². The fourth-order valence-electron chi connectivity index (χ4n) is 3.99. The van der Waals surface area contributed by atoms with Crippen LogP contribution < -0.4 is 0 Å². The van der Waals surface area contributed by atoms with E-state index >= 15 is 0 Å². The van der Waals surface area contributed by atoms with Crippen molar-refractivity contribution in [2.75, 3.05) is 39.2 Å². The van der Waals surface area contributed by atoms with E-state index in [0.717, 1.165) is 36.7 Å². The highest BCUT2D eigenvalue weighted by molar-refractivity contribution is 7.91. The molecule has 0 N–H and O–H groups in total. The Morgan fingerprint density at radius 3 is 1.93 bits per heavy atom. The molecule has 0 aromatic heterocycles. The molecule has 172 valence electrons. The summed E-state index contributed by atoms with van der Waals surface area (Å²) in [6, 6.07) is 0. The second-order valence-electron chi connectivity index (χ2n) is 9.86. The average molecular weight is 433 g/mol. The van der Waals surface area contributed by atoms with E-state index in [1.54, 1.807) is 0 Å². The first kappa shape index (κ1) is 26.4. The van der Waals surface area contributed by atoms with Crippen LogP contribution in [0.25, 0.3) is 0 Å². The monoisotopic (exact) mass is 432 g/mol. The Bertz CT molecular complexity index is 554. The van der Waals surface area contributed by atoms with Crippen molar-refractivity contribution in [2.45, 2.75) is 96.5 Å². The van der Waals surface area contributed by atoms with Gasteiger partial charge >= 0.3 is 5.97 Å². The van der Waals surface area contributed by atoms with Gasteiger partial charge in [-0.05, 0) is 25.7 Å². The van der Waals surface area contributed by atoms with Gasteiger partial charge in [-0.1, -0.05) is 58.3 Å². The quantitative estimate of drug-likeness (QED) is 0.178. The third-order valence-electron chi connectivity index (χ3n) is 5.87. The van der Waals surface area contributed by atoms with Gasteiger partial charge in [0.1, 0.15) is 6.10 Å². The van der Waals surface area contributed by atoms with E-state index in [4.69, 9.17) is 4.74 Å². The number of unbranched alkanes of at least 4 members (excludes halogenated alkanes) is 8. The number of carbonyl (C=O) groups is 1. The molecule has 5 nitrogen and oxygen atoms in total. The molecule has 1 heterocycles. The van der Waals surface area contributed by atoms with Gasteiger partial charge < -0.3 is 9.22 Å². The van der Waals surface area contributed by atoms with Gasteiger partial charge in [0.15, 0.2) is 9.84 Å². The molecule has 1 aliphatic heterocycles. The second kappa shape index (κ2) is 13.6. The lowest BCUT2D eigenvalue weighted by atomic mass is 9.88. The second-order valence-corrected chi connectivity index (χ2v) is 12.2. The number of cyclic esters (lactones) is 1. The van der Waals surface area contributed by atoms with Gasteiger partial charge in [-0.2, -0.15) is 0 Å². The number of nitrogens with zero attached hydrogens (tertiary/aromatic N) is 1. The van der Waals surface area contributed by atoms with Crippen LogP contribution >= 0.6 is 0 Å². The van der Waals surface area contributed by atoms with Crippen molar-refractivity contribution in [1.29, 1.82) is 0 Å². The third-order valence-corrected chi connectivity index (χ3v) is 7.69. The smallest absolute Gasteiger partial charge is 0.313 e. The Labute approximate surface area is 180 Å². The summed E-state index contributed by atoms with van der Waals surface area (Å²) < 4.78 is 30.4. The normalized spacial score (nSPS) is 19.8. The largest absolute Gasteiger partial charge is 0.461 e. The molecule has 0 saturated carbocycles. The van der Waals surface area contributed by atoms with Crippen molar-refractivity contribution in [2.24, 2.45) is 5.92 Å². The number of ether oxygens (including phenoxy) is 1. The van der Waals surface area contributed by atoms with Gasteiger partial charge in [0, 0.05) is 6.42 Å². The number of sulfone groups is 1. The topological polar surface area (TPSA) is 60.4 Å². The minimum Gasteiger partial charge on any atom is -0.461 e. The molecule has 0 bridgehead atoms. The van der Waals surface area contributed by atoms with Gasteiger partial charge in [-0.3, -0.25) is 4.79 Å². The van der Waals surface area contributed by atoms with Crippen LogP contribution in [0.5, 0.6) is 0 Å². The number of hydrogen-bond donors (Lipinski definition) is 0. The van der Waals surface area contributed by atoms with Crippen LogP contribution in [0.3, 0.4) is 0 Å². The summed E-state index contributed by atoms with van der Waals surface area (Å²) in [6.07, 6.45) is 14.2. The summed E-state index contributed by atoms with van der Waals surface area (Å²) in [6.45, 7) is 3.11. The van der Waals surface area contributed by atoms with Crippen LogP contribution in [0.4, 0.5) is 0 Å². The lowest BCUT2D eigenvalue weighted by molar-refractivity contribution is -0.870. The standard InChI is InChI=1S/C23H46NO4S/c1-5-6-7-8-9-10-11-12-16-21-22(28-23(21)25)17-13-14-19-29(26,27)20-15-18-24(2,3)4/h21-22H,5-20H2,1-4H3/q+1/t21-,22-/m1/s1. The predicted octanol–water partition coefficient (Wildman–Crippen LogP) is 4.74. The van der Waals surface area contributed by atoms with Crippen molar-refractivity contribution in [1.82, 2.24) is 0 Å². The van der Waals surface area contributed by atoms with Crippen LogP contribution in [-0.4, -0.2) is 64.2 Å². The fraction of sp³-hybridized carbons (Fsp3) is 0.957. The van der Waals surface area contributed by atoms with Gasteiger partial charge in [0.25, 0.3) is 0 Å². The zero-order valence-electron chi connectivity index (χ0n) is 19.5. The molecule has 1 fully saturated rings. The van der Waals surface area contributed by atoms with Crippen molar-refractivity contribution < 1.29 is 22.4 Å². The van der Waals surface area contributed by atoms with Gasteiger partial charge in [-0.25, -0.2) is 8.42 Å². The number of quaternary nitrogens is 1. The molecule has 0 radical (unpaired) electrons. The molecule has 1 rings (SSSR count). The molecular formula is C23H46NO4S+. The number of carbonyl (C=O) groups excluding carboxylic acids is 1. The molecule has 0 aromatic rings. The number of esters is 1. The molecular weight excluding hydrogens is 386 g/mol. The Hall–Kier alpha value is -0.620. The molecule has 0 aliphatic carbocycles. The molecule has 0 unspecified atom stereocenters. The Kier molecular flexibility index (Phi) is 12.4. The summed E-state index contributed by atoms with van der Waals surface area (Å²) in [4.78, 5) is 11.8. The Morgan fingerprint density at radius 1 is 0.793 bits per heavy atom. The van der Waals surface area contributed by atoms with Crippen molar-refractivity contribution in [3.8, 4) is 0 Å². The average Bonchev–Trinajstić information content (AvgIpc) is 2.61. The third kappa shape index (κ3) is 12.6. The lowest BCUT2D eigenvalue weighted by Crippen LogP contribution is -2.45. The van der Waals surface area contributed by atoms with Crippen molar-refractivity contribution in [3.63, 3.8) is 0 Å². The van der Waals surface area contributed by atoms with Gasteiger partial charge in [0.2, 0.25) is 0 Å². The molecule has 0 aromatic carbocycles. The van der Waals surface area contributed by atoms with Crippen LogP contribution in [-0.2, 0) is 19.4 Å². The van der Waals surface area contributed by atoms with E-state index in [2.05, 4.69) is 28.1 Å². The van der Waals surface area contributed by atoms with Gasteiger partial charge in [0.05, 0.1) is 45.1 Å². The van der Waals surface area contributed by atoms with E-state index in [-0.39, 0.29) is 29.5 Å². The lowest BCUT2D eigenvalue weighted by Gasteiger charge is -2.35. The minimum atomic E-state index is -2.96. The van der Waals surface area contributed by atoms with Gasteiger partial charge in [-0.15, -0.1) is 0 Å². The fourth-order valence-corrected chi connectivity index (χ4v) is 5.41. The molecule has 29 heavy (non-hydrogen) atoms. The van der Waals surface area contributed by atoms with E-state index in [9.17, 15) is 13.2 Å². The zero-order chi connectivity index (χ0) is 21.8. The predicted molar refractivity (Wildman–Crippen MR) is 121 cm³/mol. The highest BCUT2D eigenvalue weighted by Gasteiger charge is 2.40. The summed E-state index contributed by atoms with van der Waals surface area (Å²) in [7, 11) is 3.28. The SMILES string of the molecule is CCCCCCCCCC[C@H]1C(=O)O[C@@H]1CCCCS(=O)(=O)CCC[N+](C)(C)C. The first-order valence-corrected chi connectivity index (χ1v) is 13.7. The minimum absolute atomic E-state index is 0.0212. The summed E-state index contributed by atoms with van der Waals surface area (Å²) in [5.74, 6) is 0.539. The number of hydrogen-bond acceptors (Lipinski definition) is 4. The highest BCUT2D eigenvalue weighted by atomic mass is 32.2. The van der Waals surface area contributed by atoms with E-state index in [1.165, 1.54) is 44.9 Å². The molecule has 1 saturated heterocycles. The number of rotatable bonds is 18. The van der Waals surface area contributed by atoms with Crippen LogP contribution in [0, 0.1) is 5.92 Å². The Morgan fingerprint density at radius 2 is 1.34 bits per heavy atom. The first-order valence-electron chi connectivity index (χ1n) is 11.9. The maximum Gasteiger partial charge on any atom is 0.313 e. The van der Waals surface area contributed by atoms with Crippen molar-refractivity contribution >= 4 is 15.8 Å². The molecule has 6 heteroatoms. The zero-order valence-corrected chi connectivity index (χ0v) is 20.3. The first-order chi connectivity index (χ1) is 13.6. The Balaban J connectivity index is 2.09. The summed E-state index contributed by atoms with van der Waals surface area (Å²) in [5.41, 5.74) is 0. The van der Waals surface area contributed by atoms with Crippen molar-refractivity contribution in [3.05, 3.63) is 0 Å². The van der Waals surface area contributed by atoms with E-state index in [0.29, 0.717) is 12.8 Å². The highest BCUT2D eigenvalue weighted by Crippen LogP contribution is 2.31.